The van der Waals surface area contributed by atoms with Gasteiger partial charge in [0.15, 0.2) is 0 Å². The SMILES string of the molecule is Cc1ccc(C)c(CSCC(C)(C)N)c1. The number of hydrogen-bond donors (Lipinski definition) is 1. The van der Waals surface area contributed by atoms with Crippen molar-refractivity contribution in [2.24, 2.45) is 5.73 Å². The van der Waals surface area contributed by atoms with Crippen LogP contribution in [0.1, 0.15) is 30.5 Å². The van der Waals surface area contributed by atoms with Gasteiger partial charge in [-0.05, 0) is 38.8 Å². The normalized spacial score (nSPS) is 11.8. The Morgan fingerprint density at radius 2 is 1.93 bits per heavy atom. The first kappa shape index (κ1) is 12.6. The van der Waals surface area contributed by atoms with Gasteiger partial charge < -0.3 is 5.73 Å². The molecule has 0 saturated carbocycles. The molecule has 0 unspecified atom stereocenters. The fourth-order valence-corrected chi connectivity index (χ4v) is 2.54. The van der Waals surface area contributed by atoms with Crippen LogP contribution in [0.15, 0.2) is 18.2 Å². The zero-order chi connectivity index (χ0) is 11.5. The third-order valence-corrected chi connectivity index (χ3v) is 3.70. The number of nitrogens with two attached hydrogens (primary N) is 1. The largest absolute Gasteiger partial charge is 0.325 e. The molecule has 0 bridgehead atoms. The second-order valence-corrected chi connectivity index (χ2v) is 5.90. The van der Waals surface area contributed by atoms with E-state index in [2.05, 4.69) is 45.9 Å². The van der Waals surface area contributed by atoms with E-state index in [1.54, 1.807) is 0 Å². The highest BCUT2D eigenvalue weighted by atomic mass is 32.2. The quantitative estimate of drug-likeness (QED) is 0.848. The van der Waals surface area contributed by atoms with Gasteiger partial charge in [-0.1, -0.05) is 23.8 Å². The lowest BCUT2D eigenvalue weighted by Crippen LogP contribution is -2.34. The molecule has 1 nitrogen and oxygen atoms in total. The molecule has 1 rings (SSSR count). The highest BCUT2D eigenvalue weighted by Crippen LogP contribution is 2.20. The number of thioether (sulfide) groups is 1. The molecule has 0 amide bonds. The Bertz CT molecular complexity index is 326. The summed E-state index contributed by atoms with van der Waals surface area (Å²) in [6.07, 6.45) is 0. The van der Waals surface area contributed by atoms with Crippen molar-refractivity contribution in [1.82, 2.24) is 0 Å². The van der Waals surface area contributed by atoms with Gasteiger partial charge in [0.25, 0.3) is 0 Å². The lowest BCUT2D eigenvalue weighted by Gasteiger charge is -2.18. The zero-order valence-electron chi connectivity index (χ0n) is 10.1. The second-order valence-electron chi connectivity index (χ2n) is 4.91. The van der Waals surface area contributed by atoms with E-state index < -0.39 is 0 Å². The van der Waals surface area contributed by atoms with Crippen molar-refractivity contribution in [1.29, 1.82) is 0 Å². The van der Waals surface area contributed by atoms with Crippen LogP contribution < -0.4 is 5.73 Å². The van der Waals surface area contributed by atoms with Gasteiger partial charge >= 0.3 is 0 Å². The Hall–Kier alpha value is -0.470. The van der Waals surface area contributed by atoms with Gasteiger partial charge in [0.05, 0.1) is 0 Å². The van der Waals surface area contributed by atoms with E-state index in [0.29, 0.717) is 0 Å². The molecule has 0 radical (unpaired) electrons. The summed E-state index contributed by atoms with van der Waals surface area (Å²) >= 11 is 1.91. The minimum Gasteiger partial charge on any atom is -0.325 e. The lowest BCUT2D eigenvalue weighted by molar-refractivity contribution is 0.591. The molecule has 0 aliphatic carbocycles. The molecule has 0 saturated heterocycles. The van der Waals surface area contributed by atoms with Crippen LogP contribution in [-0.2, 0) is 5.75 Å². The van der Waals surface area contributed by atoms with Crippen LogP contribution in [0.2, 0.25) is 0 Å². The van der Waals surface area contributed by atoms with Crippen LogP contribution in [0.5, 0.6) is 0 Å². The predicted octanol–water partition coefficient (Wildman–Crippen LogP) is 3.27. The van der Waals surface area contributed by atoms with Crippen LogP contribution in [-0.4, -0.2) is 11.3 Å². The summed E-state index contributed by atoms with van der Waals surface area (Å²) < 4.78 is 0. The Labute approximate surface area is 97.4 Å². The molecule has 0 spiro atoms. The maximum Gasteiger partial charge on any atom is 0.0188 e. The third-order valence-electron chi connectivity index (χ3n) is 2.24. The molecule has 1 aromatic carbocycles. The number of rotatable bonds is 4. The summed E-state index contributed by atoms with van der Waals surface area (Å²) in [5.41, 5.74) is 10.0. The second kappa shape index (κ2) is 5.04. The molecule has 2 heteroatoms. The van der Waals surface area contributed by atoms with Crippen LogP contribution >= 0.6 is 11.8 Å². The average molecular weight is 223 g/mol. The van der Waals surface area contributed by atoms with E-state index >= 15 is 0 Å². The van der Waals surface area contributed by atoms with Crippen LogP contribution in [0.25, 0.3) is 0 Å². The fourth-order valence-electron chi connectivity index (χ4n) is 1.38. The van der Waals surface area contributed by atoms with Gasteiger partial charge in [-0.15, -0.1) is 0 Å². The van der Waals surface area contributed by atoms with E-state index in [0.717, 1.165) is 11.5 Å². The molecule has 0 aliphatic heterocycles. The van der Waals surface area contributed by atoms with Crippen molar-refractivity contribution in [3.05, 3.63) is 34.9 Å². The van der Waals surface area contributed by atoms with Crippen molar-refractivity contribution in [2.45, 2.75) is 39.0 Å². The van der Waals surface area contributed by atoms with Gasteiger partial charge in [0.1, 0.15) is 0 Å². The van der Waals surface area contributed by atoms with Crippen LogP contribution in [0, 0.1) is 13.8 Å². The summed E-state index contributed by atoms with van der Waals surface area (Å²) in [4.78, 5) is 0. The topological polar surface area (TPSA) is 26.0 Å². The smallest absolute Gasteiger partial charge is 0.0188 e. The minimum atomic E-state index is -0.0671. The van der Waals surface area contributed by atoms with Gasteiger partial charge in [-0.2, -0.15) is 11.8 Å². The van der Waals surface area contributed by atoms with E-state index in [9.17, 15) is 0 Å². The van der Waals surface area contributed by atoms with Gasteiger partial charge in [0.2, 0.25) is 0 Å². The molecule has 0 fully saturated rings. The fraction of sp³-hybridized carbons (Fsp3) is 0.538. The summed E-state index contributed by atoms with van der Waals surface area (Å²) in [5.74, 6) is 2.06. The molecule has 84 valence electrons. The Morgan fingerprint density at radius 3 is 2.53 bits per heavy atom. The molecular weight excluding hydrogens is 202 g/mol. The number of aryl methyl sites for hydroxylation is 2. The summed E-state index contributed by atoms with van der Waals surface area (Å²) in [5, 5.41) is 0. The molecule has 2 N–H and O–H groups in total. The van der Waals surface area contributed by atoms with Gasteiger partial charge in [-0.25, -0.2) is 0 Å². The van der Waals surface area contributed by atoms with E-state index in [-0.39, 0.29) is 5.54 Å². The lowest BCUT2D eigenvalue weighted by atomic mass is 10.1. The van der Waals surface area contributed by atoms with Crippen LogP contribution in [0.4, 0.5) is 0 Å². The first-order valence-electron chi connectivity index (χ1n) is 5.31. The third kappa shape index (κ3) is 4.72. The van der Waals surface area contributed by atoms with Crippen molar-refractivity contribution in [2.75, 3.05) is 5.75 Å². The Morgan fingerprint density at radius 1 is 1.27 bits per heavy atom. The summed E-state index contributed by atoms with van der Waals surface area (Å²) in [7, 11) is 0. The molecule has 1 aromatic rings. The highest BCUT2D eigenvalue weighted by Gasteiger charge is 2.10. The number of hydrogen-bond acceptors (Lipinski definition) is 2. The Kier molecular flexibility index (Phi) is 4.23. The van der Waals surface area contributed by atoms with Crippen LogP contribution in [0.3, 0.4) is 0 Å². The summed E-state index contributed by atoms with van der Waals surface area (Å²) in [6, 6.07) is 6.63. The van der Waals surface area contributed by atoms with Crippen molar-refractivity contribution >= 4 is 11.8 Å². The molecule has 15 heavy (non-hydrogen) atoms. The average Bonchev–Trinajstić information content (AvgIpc) is 2.09. The monoisotopic (exact) mass is 223 g/mol. The summed E-state index contributed by atoms with van der Waals surface area (Å²) in [6.45, 7) is 8.45. The maximum absolute atomic E-state index is 5.95. The predicted molar refractivity (Wildman–Crippen MR) is 70.3 cm³/mol. The molecule has 0 aliphatic rings. The molecule has 0 atom stereocenters. The van der Waals surface area contributed by atoms with E-state index in [1.165, 1.54) is 16.7 Å². The number of benzene rings is 1. The molecular formula is C13H21NS. The van der Waals surface area contributed by atoms with Gasteiger partial charge in [-0.3, -0.25) is 0 Å². The molecule has 0 heterocycles. The van der Waals surface area contributed by atoms with Crippen molar-refractivity contribution < 1.29 is 0 Å². The van der Waals surface area contributed by atoms with Gasteiger partial charge in [0, 0.05) is 17.0 Å². The van der Waals surface area contributed by atoms with E-state index in [4.69, 9.17) is 5.73 Å². The Balaban J connectivity index is 2.54. The minimum absolute atomic E-state index is 0.0671. The first-order chi connectivity index (χ1) is 6.88. The first-order valence-corrected chi connectivity index (χ1v) is 6.47. The zero-order valence-corrected chi connectivity index (χ0v) is 10.9. The highest BCUT2D eigenvalue weighted by molar-refractivity contribution is 7.98. The molecule has 0 aromatic heterocycles. The van der Waals surface area contributed by atoms with Crippen molar-refractivity contribution in [3.8, 4) is 0 Å². The maximum atomic E-state index is 5.95. The van der Waals surface area contributed by atoms with Crippen molar-refractivity contribution in [3.63, 3.8) is 0 Å². The standard InChI is InChI=1S/C13H21NS/c1-10-5-6-11(2)12(7-10)8-15-9-13(3,4)14/h5-7H,8-9,14H2,1-4H3. The van der Waals surface area contributed by atoms with E-state index in [1.807, 2.05) is 11.8 Å².